The van der Waals surface area contributed by atoms with Crippen LogP contribution in [0.3, 0.4) is 0 Å². The number of nitriles is 1. The summed E-state index contributed by atoms with van der Waals surface area (Å²) in [4.78, 5) is 36.3. The van der Waals surface area contributed by atoms with Crippen LogP contribution in [0.15, 0.2) is 24.3 Å². The van der Waals surface area contributed by atoms with Gasteiger partial charge in [0.1, 0.15) is 11.8 Å². The second-order valence-corrected chi connectivity index (χ2v) is 9.36. The van der Waals surface area contributed by atoms with Crippen molar-refractivity contribution in [1.82, 2.24) is 16.2 Å². The maximum Gasteiger partial charge on any atom is 0.276 e. The largest absolute Gasteiger partial charge is 0.482 e. The first-order chi connectivity index (χ1) is 14.9. The van der Waals surface area contributed by atoms with Gasteiger partial charge < -0.3 is 10.1 Å². The molecule has 0 aromatic heterocycles. The number of hydrogen-bond acceptors (Lipinski definition) is 5. The molecule has 4 fully saturated rings. The number of para-hydroxylation sites is 1. The first-order valence-corrected chi connectivity index (χ1v) is 10.9. The van der Waals surface area contributed by atoms with Gasteiger partial charge in [-0.1, -0.05) is 12.1 Å². The number of hydrogen-bond donors (Lipinski definition) is 3. The summed E-state index contributed by atoms with van der Waals surface area (Å²) in [5.41, 5.74) is 4.95. The van der Waals surface area contributed by atoms with Crippen LogP contribution in [0.2, 0.25) is 0 Å². The standard InChI is InChI=1S/C23H28N4O4/c24-12-18-3-1-2-4-19(18)31-14-22(30)27-26-21(29)13-25-20(28)11-23-8-15-5-16(9-23)7-17(6-15)10-23/h1-4,15-17H,5-11,13-14H2,(H,25,28)(H,26,29)(H,27,30). The Morgan fingerprint density at radius 1 is 0.968 bits per heavy atom. The molecule has 4 bridgehead atoms. The van der Waals surface area contributed by atoms with E-state index in [0.717, 1.165) is 37.0 Å². The number of hydrazine groups is 1. The van der Waals surface area contributed by atoms with E-state index in [0.29, 0.717) is 17.7 Å². The van der Waals surface area contributed by atoms with Crippen molar-refractivity contribution in [3.05, 3.63) is 29.8 Å². The Hall–Kier alpha value is -3.08. The highest BCUT2D eigenvalue weighted by Crippen LogP contribution is 2.61. The van der Waals surface area contributed by atoms with E-state index in [1.54, 1.807) is 24.3 Å². The predicted octanol–water partition coefficient (Wildman–Crippen LogP) is 1.81. The van der Waals surface area contributed by atoms with Crippen LogP contribution in [0.5, 0.6) is 5.75 Å². The van der Waals surface area contributed by atoms with E-state index in [2.05, 4.69) is 16.2 Å². The van der Waals surface area contributed by atoms with Gasteiger partial charge in [0.25, 0.3) is 11.8 Å². The summed E-state index contributed by atoms with van der Waals surface area (Å²) in [6, 6.07) is 8.54. The number of carbonyl (C=O) groups is 3. The number of carbonyl (C=O) groups excluding carboxylic acids is 3. The Kier molecular flexibility index (Phi) is 6.12. The highest BCUT2D eigenvalue weighted by Gasteiger charge is 2.51. The predicted molar refractivity (Wildman–Crippen MR) is 111 cm³/mol. The summed E-state index contributed by atoms with van der Waals surface area (Å²) in [5.74, 6) is 1.45. The van der Waals surface area contributed by atoms with E-state index in [1.807, 2.05) is 6.07 Å². The zero-order chi connectivity index (χ0) is 21.8. The van der Waals surface area contributed by atoms with E-state index in [1.165, 1.54) is 19.3 Å². The Bertz CT molecular complexity index is 872. The molecule has 4 aliphatic carbocycles. The van der Waals surface area contributed by atoms with Crippen LogP contribution in [-0.4, -0.2) is 30.9 Å². The minimum absolute atomic E-state index is 0.0973. The van der Waals surface area contributed by atoms with Gasteiger partial charge in [0, 0.05) is 6.42 Å². The van der Waals surface area contributed by atoms with Gasteiger partial charge in [0.05, 0.1) is 12.1 Å². The lowest BCUT2D eigenvalue weighted by atomic mass is 9.49. The van der Waals surface area contributed by atoms with Crippen LogP contribution in [-0.2, 0) is 14.4 Å². The molecular formula is C23H28N4O4. The normalized spacial score (nSPS) is 27.8. The minimum Gasteiger partial charge on any atom is -0.482 e. The van der Waals surface area contributed by atoms with Crippen LogP contribution >= 0.6 is 0 Å². The zero-order valence-corrected chi connectivity index (χ0v) is 17.5. The smallest absolute Gasteiger partial charge is 0.276 e. The Morgan fingerprint density at radius 2 is 1.58 bits per heavy atom. The molecule has 0 aliphatic heterocycles. The van der Waals surface area contributed by atoms with Crippen molar-refractivity contribution in [1.29, 1.82) is 5.26 Å². The van der Waals surface area contributed by atoms with E-state index in [9.17, 15) is 14.4 Å². The SMILES string of the molecule is N#Cc1ccccc1OCC(=O)NNC(=O)CNC(=O)CC12CC3CC(CC(C3)C1)C2. The summed E-state index contributed by atoms with van der Waals surface area (Å²) in [5, 5.41) is 11.7. The monoisotopic (exact) mass is 424 g/mol. The second-order valence-electron chi connectivity index (χ2n) is 9.36. The lowest BCUT2D eigenvalue weighted by Crippen LogP contribution is -2.50. The van der Waals surface area contributed by atoms with Gasteiger partial charge in [-0.15, -0.1) is 0 Å². The molecule has 1 aromatic carbocycles. The molecule has 0 radical (unpaired) electrons. The third kappa shape index (κ3) is 5.16. The molecule has 31 heavy (non-hydrogen) atoms. The van der Waals surface area contributed by atoms with E-state index in [4.69, 9.17) is 10.00 Å². The van der Waals surface area contributed by atoms with Gasteiger partial charge >= 0.3 is 0 Å². The molecule has 0 heterocycles. The molecule has 8 nitrogen and oxygen atoms in total. The molecular weight excluding hydrogens is 396 g/mol. The van der Waals surface area contributed by atoms with Gasteiger partial charge in [-0.05, 0) is 73.8 Å². The molecule has 0 spiro atoms. The van der Waals surface area contributed by atoms with Crippen LogP contribution in [0.4, 0.5) is 0 Å². The number of benzene rings is 1. The molecule has 164 valence electrons. The molecule has 3 N–H and O–H groups in total. The lowest BCUT2D eigenvalue weighted by Gasteiger charge is -2.56. The fourth-order valence-electron chi connectivity index (χ4n) is 6.14. The molecule has 0 unspecified atom stereocenters. The molecule has 0 atom stereocenters. The van der Waals surface area contributed by atoms with Crippen LogP contribution < -0.4 is 20.9 Å². The van der Waals surface area contributed by atoms with Gasteiger partial charge in [-0.3, -0.25) is 25.2 Å². The van der Waals surface area contributed by atoms with E-state index >= 15 is 0 Å². The first kappa shape index (κ1) is 21.2. The Morgan fingerprint density at radius 3 is 2.23 bits per heavy atom. The molecule has 1 aromatic rings. The zero-order valence-electron chi connectivity index (χ0n) is 17.5. The van der Waals surface area contributed by atoms with E-state index in [-0.39, 0.29) is 24.5 Å². The maximum absolute atomic E-state index is 12.5. The number of nitrogens with one attached hydrogen (secondary N) is 3. The fourth-order valence-corrected chi connectivity index (χ4v) is 6.14. The molecule has 4 saturated carbocycles. The van der Waals surface area contributed by atoms with Crippen LogP contribution in [0.25, 0.3) is 0 Å². The summed E-state index contributed by atoms with van der Waals surface area (Å²) >= 11 is 0. The summed E-state index contributed by atoms with van der Waals surface area (Å²) in [7, 11) is 0. The number of ether oxygens (including phenoxy) is 1. The van der Waals surface area contributed by atoms with Crippen molar-refractivity contribution in [2.45, 2.75) is 44.9 Å². The minimum atomic E-state index is -0.569. The maximum atomic E-state index is 12.5. The Balaban J connectivity index is 1.15. The highest BCUT2D eigenvalue weighted by molar-refractivity contribution is 5.87. The summed E-state index contributed by atoms with van der Waals surface area (Å²) in [6.07, 6.45) is 7.90. The number of rotatable bonds is 7. The van der Waals surface area contributed by atoms with Crippen LogP contribution in [0.1, 0.15) is 50.5 Å². The Labute approximate surface area is 181 Å². The third-order valence-corrected chi connectivity index (χ3v) is 6.85. The van der Waals surface area contributed by atoms with Crippen molar-refractivity contribution in [2.24, 2.45) is 23.2 Å². The van der Waals surface area contributed by atoms with Crippen molar-refractivity contribution >= 4 is 17.7 Å². The number of amides is 3. The van der Waals surface area contributed by atoms with Crippen molar-refractivity contribution < 1.29 is 19.1 Å². The van der Waals surface area contributed by atoms with Crippen LogP contribution in [0, 0.1) is 34.5 Å². The molecule has 4 aliphatic rings. The number of nitrogens with zero attached hydrogens (tertiary/aromatic N) is 1. The summed E-state index contributed by atoms with van der Waals surface area (Å²) < 4.78 is 5.30. The third-order valence-electron chi connectivity index (χ3n) is 6.85. The molecule has 3 amide bonds. The molecule has 8 heteroatoms. The van der Waals surface area contributed by atoms with Crippen molar-refractivity contribution in [2.75, 3.05) is 13.2 Å². The van der Waals surface area contributed by atoms with Crippen molar-refractivity contribution in [3.63, 3.8) is 0 Å². The quantitative estimate of drug-likeness (QED) is 0.577. The molecule has 5 rings (SSSR count). The van der Waals surface area contributed by atoms with Crippen molar-refractivity contribution in [3.8, 4) is 11.8 Å². The molecule has 0 saturated heterocycles. The van der Waals surface area contributed by atoms with Gasteiger partial charge in [0.2, 0.25) is 5.91 Å². The van der Waals surface area contributed by atoms with Gasteiger partial charge in [-0.25, -0.2) is 0 Å². The fraction of sp³-hybridized carbons (Fsp3) is 0.565. The second kappa shape index (κ2) is 8.96. The topological polar surface area (TPSA) is 120 Å². The average Bonchev–Trinajstić information content (AvgIpc) is 2.73. The lowest BCUT2D eigenvalue weighted by molar-refractivity contribution is -0.133. The first-order valence-electron chi connectivity index (χ1n) is 10.9. The van der Waals surface area contributed by atoms with E-state index < -0.39 is 11.8 Å². The average molecular weight is 425 g/mol. The summed E-state index contributed by atoms with van der Waals surface area (Å²) in [6.45, 7) is -0.541. The van der Waals surface area contributed by atoms with Gasteiger partial charge in [-0.2, -0.15) is 5.26 Å². The van der Waals surface area contributed by atoms with Gasteiger partial charge in [0.15, 0.2) is 6.61 Å². The highest BCUT2D eigenvalue weighted by atomic mass is 16.5.